The highest BCUT2D eigenvalue weighted by molar-refractivity contribution is 5.99. The summed E-state index contributed by atoms with van der Waals surface area (Å²) in [5, 5.41) is 0. The Morgan fingerprint density at radius 2 is 1.06 bits per heavy atom. The van der Waals surface area contributed by atoms with Crippen LogP contribution in [-0.2, 0) is 0 Å². The minimum absolute atomic E-state index is 0.0101. The van der Waals surface area contributed by atoms with Gasteiger partial charge in [-0.25, -0.2) is 0 Å². The van der Waals surface area contributed by atoms with E-state index in [2.05, 4.69) is 189 Å². The van der Waals surface area contributed by atoms with E-state index in [9.17, 15) is 0 Å². The second-order valence-electron chi connectivity index (χ2n) is 13.5. The van der Waals surface area contributed by atoms with Crippen LogP contribution in [0.2, 0.25) is 0 Å². The van der Waals surface area contributed by atoms with Gasteiger partial charge in [0.1, 0.15) is 0 Å². The van der Waals surface area contributed by atoms with Crippen LogP contribution in [-0.4, -0.2) is 5.71 Å². The molecular formula is C49H47N. The average molecular weight is 650 g/mol. The Morgan fingerprint density at radius 3 is 1.70 bits per heavy atom. The van der Waals surface area contributed by atoms with E-state index in [0.717, 1.165) is 28.1 Å². The van der Waals surface area contributed by atoms with E-state index < -0.39 is 0 Å². The molecule has 0 radical (unpaired) electrons. The molecule has 6 aromatic rings. The van der Waals surface area contributed by atoms with Gasteiger partial charge in [0.15, 0.2) is 0 Å². The lowest BCUT2D eigenvalue weighted by molar-refractivity contribution is 0.880. The number of hydrogen-bond acceptors (Lipinski definition) is 1. The van der Waals surface area contributed by atoms with Crippen molar-refractivity contribution in [1.29, 1.82) is 0 Å². The maximum absolute atomic E-state index is 5.39. The lowest BCUT2D eigenvalue weighted by Gasteiger charge is -2.22. The molecule has 0 aliphatic carbocycles. The second-order valence-corrected chi connectivity index (χ2v) is 13.5. The zero-order valence-electron chi connectivity index (χ0n) is 30.5. The SMILES string of the molecule is C=C(/C=C(\N=C(C)c1ccccc1)C(C)c1ccccc1-c1ccc(-c2ccccc2C)c(C)c1C)c1cccc(C)c1-c1ccccc1C. The van der Waals surface area contributed by atoms with E-state index in [4.69, 9.17) is 4.99 Å². The predicted molar refractivity (Wildman–Crippen MR) is 217 cm³/mol. The second kappa shape index (κ2) is 14.9. The average Bonchev–Trinajstić information content (AvgIpc) is 3.13. The van der Waals surface area contributed by atoms with Gasteiger partial charge in [0.05, 0.1) is 0 Å². The molecule has 1 atom stereocenters. The van der Waals surface area contributed by atoms with Crippen LogP contribution in [0.3, 0.4) is 0 Å². The van der Waals surface area contributed by atoms with Gasteiger partial charge in [-0.3, -0.25) is 4.99 Å². The molecule has 1 nitrogen and oxygen atoms in total. The summed E-state index contributed by atoms with van der Waals surface area (Å²) in [6, 6.07) is 47.6. The van der Waals surface area contributed by atoms with Crippen LogP contribution in [0.4, 0.5) is 0 Å². The molecule has 50 heavy (non-hydrogen) atoms. The standard InChI is InChI=1S/C49H47N/c1-32-19-12-14-24-41(32)45-29-30-46(37(6)36(45)5)47-27-17-16-26-44(47)38(7)48(50-39(8)40-22-10-9-11-23-40)31-35(4)43-28-18-21-34(3)49(43)42-25-15-13-20-33(42)2/h9-31,38H,4H2,1-3,5-8H3/b48-31-,50-39?. The molecule has 0 spiro atoms. The van der Waals surface area contributed by atoms with Crippen LogP contribution in [0, 0.1) is 34.6 Å². The van der Waals surface area contributed by atoms with Crippen molar-refractivity contribution >= 4 is 11.3 Å². The van der Waals surface area contributed by atoms with Crippen LogP contribution >= 0.6 is 0 Å². The largest absolute Gasteiger partial charge is 0.257 e. The van der Waals surface area contributed by atoms with Crippen LogP contribution in [0.5, 0.6) is 0 Å². The highest BCUT2D eigenvalue weighted by Gasteiger charge is 2.20. The summed E-state index contributed by atoms with van der Waals surface area (Å²) in [6.45, 7) is 20.1. The van der Waals surface area contributed by atoms with Gasteiger partial charge < -0.3 is 0 Å². The third-order valence-corrected chi connectivity index (χ3v) is 10.2. The number of hydrogen-bond donors (Lipinski definition) is 0. The molecule has 1 unspecified atom stereocenters. The van der Waals surface area contributed by atoms with E-state index in [1.54, 1.807) is 0 Å². The smallest absolute Gasteiger partial charge is 0.0485 e. The molecule has 0 bridgehead atoms. The van der Waals surface area contributed by atoms with Crippen molar-refractivity contribution in [2.75, 3.05) is 0 Å². The minimum Gasteiger partial charge on any atom is -0.257 e. The van der Waals surface area contributed by atoms with Gasteiger partial charge in [-0.2, -0.15) is 0 Å². The van der Waals surface area contributed by atoms with Gasteiger partial charge in [0.2, 0.25) is 0 Å². The molecule has 248 valence electrons. The van der Waals surface area contributed by atoms with E-state index in [-0.39, 0.29) is 5.92 Å². The van der Waals surface area contributed by atoms with Crippen LogP contribution in [0.15, 0.2) is 157 Å². The van der Waals surface area contributed by atoms with E-state index >= 15 is 0 Å². The van der Waals surface area contributed by atoms with Gasteiger partial charge in [-0.05, 0) is 131 Å². The number of rotatable bonds is 9. The van der Waals surface area contributed by atoms with Crippen LogP contribution in [0.25, 0.3) is 39.0 Å². The monoisotopic (exact) mass is 649 g/mol. The van der Waals surface area contributed by atoms with Gasteiger partial charge in [-0.1, -0.05) is 147 Å². The maximum Gasteiger partial charge on any atom is 0.0485 e. The molecule has 0 aromatic heterocycles. The van der Waals surface area contributed by atoms with Crippen LogP contribution < -0.4 is 0 Å². The fraction of sp³-hybridized carbons (Fsp3) is 0.163. The Labute approximate surface area is 299 Å². The normalized spacial score (nSPS) is 12.5. The van der Waals surface area contributed by atoms with Crippen molar-refractivity contribution in [3.05, 3.63) is 196 Å². The van der Waals surface area contributed by atoms with Gasteiger partial charge >= 0.3 is 0 Å². The Morgan fingerprint density at radius 1 is 0.540 bits per heavy atom. The molecule has 0 fully saturated rings. The minimum atomic E-state index is -0.0101. The summed E-state index contributed by atoms with van der Waals surface area (Å²) in [5.74, 6) is -0.0101. The lowest BCUT2D eigenvalue weighted by atomic mass is 9.84. The Balaban J connectivity index is 1.49. The van der Waals surface area contributed by atoms with Crippen molar-refractivity contribution < 1.29 is 0 Å². The van der Waals surface area contributed by atoms with E-state index in [1.807, 2.05) is 6.07 Å². The lowest BCUT2D eigenvalue weighted by Crippen LogP contribution is -2.04. The molecule has 6 rings (SSSR count). The van der Waals surface area contributed by atoms with Crippen molar-refractivity contribution in [2.24, 2.45) is 4.99 Å². The number of aryl methyl sites for hydroxylation is 3. The number of nitrogens with zero attached hydrogens (tertiary/aromatic N) is 1. The van der Waals surface area contributed by atoms with Gasteiger partial charge in [-0.15, -0.1) is 0 Å². The topological polar surface area (TPSA) is 12.4 Å². The Kier molecular flexibility index (Phi) is 10.3. The zero-order chi connectivity index (χ0) is 35.4. The predicted octanol–water partition coefficient (Wildman–Crippen LogP) is 13.4. The fourth-order valence-electron chi connectivity index (χ4n) is 7.15. The first-order valence-corrected chi connectivity index (χ1v) is 17.6. The maximum atomic E-state index is 5.39. The van der Waals surface area contributed by atoms with Crippen molar-refractivity contribution in [1.82, 2.24) is 0 Å². The molecule has 0 amide bonds. The van der Waals surface area contributed by atoms with Crippen molar-refractivity contribution in [3.8, 4) is 33.4 Å². The van der Waals surface area contributed by atoms with Crippen LogP contribution in [0.1, 0.15) is 64.3 Å². The van der Waals surface area contributed by atoms with Gasteiger partial charge in [0, 0.05) is 17.3 Å². The highest BCUT2D eigenvalue weighted by atomic mass is 14.8. The van der Waals surface area contributed by atoms with Crippen molar-refractivity contribution in [2.45, 2.75) is 54.4 Å². The third-order valence-electron chi connectivity index (χ3n) is 10.2. The summed E-state index contributed by atoms with van der Waals surface area (Å²) in [6.07, 6.45) is 2.21. The molecule has 0 aliphatic heterocycles. The Bertz CT molecular complexity index is 2250. The summed E-state index contributed by atoms with van der Waals surface area (Å²) in [4.78, 5) is 5.39. The van der Waals surface area contributed by atoms with Gasteiger partial charge in [0.25, 0.3) is 0 Å². The quantitative estimate of drug-likeness (QED) is 0.109. The highest BCUT2D eigenvalue weighted by Crippen LogP contribution is 2.40. The first-order valence-electron chi connectivity index (χ1n) is 17.6. The number of aliphatic imine (C=N–C) groups is 1. The third kappa shape index (κ3) is 6.96. The Hall–Kier alpha value is -5.53. The zero-order valence-corrected chi connectivity index (χ0v) is 30.5. The number of benzene rings is 6. The molecule has 1 heteroatoms. The molecule has 0 saturated heterocycles. The summed E-state index contributed by atoms with van der Waals surface area (Å²) in [7, 11) is 0. The molecule has 6 aromatic carbocycles. The van der Waals surface area contributed by atoms with Crippen molar-refractivity contribution in [3.63, 3.8) is 0 Å². The first kappa shape index (κ1) is 34.3. The van der Waals surface area contributed by atoms with E-state index in [1.165, 1.54) is 66.8 Å². The molecule has 0 N–H and O–H groups in total. The number of allylic oxidation sites excluding steroid dienone is 3. The summed E-state index contributed by atoms with van der Waals surface area (Å²) < 4.78 is 0. The molecular weight excluding hydrogens is 603 g/mol. The molecule has 0 aliphatic rings. The molecule has 0 heterocycles. The summed E-state index contributed by atoms with van der Waals surface area (Å²) in [5.41, 5.74) is 20.3. The molecule has 0 saturated carbocycles. The first-order chi connectivity index (χ1) is 24.2. The summed E-state index contributed by atoms with van der Waals surface area (Å²) >= 11 is 0. The fourth-order valence-corrected chi connectivity index (χ4v) is 7.15. The van der Waals surface area contributed by atoms with E-state index in [0.29, 0.717) is 0 Å².